The highest BCUT2D eigenvalue weighted by molar-refractivity contribution is 5.95. The molecule has 5 N–H and O–H groups in total. The number of rotatable bonds is 7. The highest BCUT2D eigenvalue weighted by Crippen LogP contribution is 2.38. The normalized spacial score (nSPS) is 13.4. The summed E-state index contributed by atoms with van der Waals surface area (Å²) in [4.78, 5) is 19.4. The van der Waals surface area contributed by atoms with E-state index in [9.17, 15) is 9.18 Å². The van der Waals surface area contributed by atoms with Gasteiger partial charge in [0.05, 0.1) is 13.7 Å². The van der Waals surface area contributed by atoms with E-state index in [1.165, 1.54) is 25.4 Å². The van der Waals surface area contributed by atoms with E-state index in [1.54, 1.807) is 30.3 Å². The molecule has 0 amide bonds. The minimum atomic E-state index is -0.699. The first-order valence-corrected chi connectivity index (χ1v) is 10.9. The van der Waals surface area contributed by atoms with Gasteiger partial charge < -0.3 is 25.3 Å². The van der Waals surface area contributed by atoms with E-state index in [0.29, 0.717) is 34.9 Å². The molecule has 36 heavy (non-hydrogen) atoms. The van der Waals surface area contributed by atoms with E-state index in [2.05, 4.69) is 20.4 Å². The molecule has 5 rings (SSSR count). The van der Waals surface area contributed by atoms with Crippen LogP contribution in [-0.2, 0) is 11.3 Å². The summed E-state index contributed by atoms with van der Waals surface area (Å²) in [6.07, 6.45) is 1.37. The molecule has 12 heteroatoms. The minimum Gasteiger partial charge on any atom is -0.493 e. The second kappa shape index (κ2) is 9.50. The Bertz CT molecular complexity index is 1470. The maximum absolute atomic E-state index is 14.4. The Labute approximate surface area is 204 Å². The molecule has 3 heterocycles. The van der Waals surface area contributed by atoms with E-state index >= 15 is 0 Å². The Morgan fingerprint density at radius 2 is 2.11 bits per heavy atom. The van der Waals surface area contributed by atoms with Gasteiger partial charge in [0.2, 0.25) is 0 Å². The van der Waals surface area contributed by atoms with Crippen LogP contribution in [0.25, 0.3) is 5.82 Å². The van der Waals surface area contributed by atoms with Gasteiger partial charge in [0.1, 0.15) is 11.9 Å². The number of benzene rings is 2. The zero-order chi connectivity index (χ0) is 25.2. The molecule has 0 bridgehead atoms. The van der Waals surface area contributed by atoms with Crippen molar-refractivity contribution in [2.75, 3.05) is 19.2 Å². The summed E-state index contributed by atoms with van der Waals surface area (Å²) in [5.74, 6) is 0.304. The van der Waals surface area contributed by atoms with E-state index in [1.807, 2.05) is 6.07 Å². The molecule has 0 radical (unpaired) electrons. The van der Waals surface area contributed by atoms with Crippen LogP contribution in [0.5, 0.6) is 11.5 Å². The predicted octanol–water partition coefficient (Wildman–Crippen LogP) is 2.46. The van der Waals surface area contributed by atoms with Gasteiger partial charge in [0.15, 0.2) is 35.8 Å². The molecule has 11 nitrogen and oxygen atoms in total. The highest BCUT2D eigenvalue weighted by atomic mass is 19.1. The first kappa shape index (κ1) is 23.1. The third-order valence-corrected chi connectivity index (χ3v) is 5.61. The Morgan fingerprint density at radius 1 is 1.31 bits per heavy atom. The lowest BCUT2D eigenvalue weighted by molar-refractivity contribution is -0.0180. The van der Waals surface area contributed by atoms with Gasteiger partial charge in [0.25, 0.3) is 0 Å². The minimum absolute atomic E-state index is 0.0574. The number of anilines is 1. The first-order chi connectivity index (χ1) is 17.4. The fraction of sp³-hybridized carbons (Fsp3) is 0.167. The third-order valence-electron chi connectivity index (χ3n) is 5.61. The number of aromatic nitrogens is 4. The largest absolute Gasteiger partial charge is 0.493 e. The van der Waals surface area contributed by atoms with Crippen molar-refractivity contribution in [3.05, 3.63) is 93.5 Å². The molecular weight excluding hydrogens is 469 g/mol. The van der Waals surface area contributed by atoms with Gasteiger partial charge in [-0.15, -0.1) is 5.10 Å². The van der Waals surface area contributed by atoms with E-state index < -0.39 is 17.5 Å². The van der Waals surface area contributed by atoms with Gasteiger partial charge in [-0.3, -0.25) is 10.4 Å². The van der Waals surface area contributed by atoms with Crippen LogP contribution in [0.1, 0.15) is 28.6 Å². The van der Waals surface area contributed by atoms with Crippen molar-refractivity contribution < 1.29 is 18.6 Å². The molecule has 0 saturated heterocycles. The quantitative estimate of drug-likeness (QED) is 0.227. The summed E-state index contributed by atoms with van der Waals surface area (Å²) in [6, 6.07) is 12.4. The molecule has 1 atom stereocenters. The van der Waals surface area contributed by atoms with Crippen LogP contribution < -0.4 is 26.2 Å². The molecule has 1 aliphatic heterocycles. The molecule has 184 valence electrons. The summed E-state index contributed by atoms with van der Waals surface area (Å²) in [7, 11) is 1.53. The lowest BCUT2D eigenvalue weighted by atomic mass is 10.0. The number of amidine groups is 1. The number of hydrogen-bond acceptors (Lipinski definition) is 8. The maximum atomic E-state index is 14.4. The third kappa shape index (κ3) is 4.36. The Balaban J connectivity index is 1.62. The zero-order valence-electron chi connectivity index (χ0n) is 19.1. The standard InChI is InChI=1S/C24H22FN7O4/c1-34-18-10-14(9-15-11-35-12-36-20(15)18)19(29-16-6-4-13(5-7-16)21(26)27)22-30-24(33)32(31-22)23-17(25)3-2-8-28-23/h2-10,19,29H,11-12H2,1H3,(H3,26,27)(H,30,31,33). The van der Waals surface area contributed by atoms with Gasteiger partial charge in [-0.2, -0.15) is 4.68 Å². The number of halogens is 1. The van der Waals surface area contributed by atoms with Crippen molar-refractivity contribution in [2.24, 2.45) is 5.73 Å². The molecule has 0 spiro atoms. The van der Waals surface area contributed by atoms with E-state index in [-0.39, 0.29) is 24.3 Å². The summed E-state index contributed by atoms with van der Waals surface area (Å²) >= 11 is 0. The van der Waals surface area contributed by atoms with Crippen LogP contribution in [0.15, 0.2) is 59.5 Å². The van der Waals surface area contributed by atoms with Gasteiger partial charge >= 0.3 is 5.69 Å². The Hall–Kier alpha value is -4.71. The molecule has 0 aliphatic carbocycles. The number of H-pyrrole nitrogens is 1. The number of ether oxygens (including phenoxy) is 3. The highest BCUT2D eigenvalue weighted by Gasteiger charge is 2.26. The molecule has 0 saturated carbocycles. The van der Waals surface area contributed by atoms with Crippen molar-refractivity contribution in [2.45, 2.75) is 12.6 Å². The van der Waals surface area contributed by atoms with E-state index in [0.717, 1.165) is 10.2 Å². The van der Waals surface area contributed by atoms with Crippen molar-refractivity contribution >= 4 is 11.5 Å². The second-order valence-electron chi connectivity index (χ2n) is 7.93. The summed E-state index contributed by atoms with van der Waals surface area (Å²) in [5.41, 5.74) is 7.57. The Morgan fingerprint density at radius 3 is 2.83 bits per heavy atom. The van der Waals surface area contributed by atoms with Crippen LogP contribution >= 0.6 is 0 Å². The topological polar surface area (TPSA) is 153 Å². The number of pyridine rings is 1. The van der Waals surface area contributed by atoms with Crippen molar-refractivity contribution in [1.82, 2.24) is 19.7 Å². The Kier molecular flexibility index (Phi) is 6.09. The van der Waals surface area contributed by atoms with Gasteiger partial charge in [-0.1, -0.05) is 0 Å². The lowest BCUT2D eigenvalue weighted by Crippen LogP contribution is -2.18. The second-order valence-corrected chi connectivity index (χ2v) is 7.93. The summed E-state index contributed by atoms with van der Waals surface area (Å²) < 4.78 is 31.8. The number of hydrogen-bond donors (Lipinski definition) is 4. The first-order valence-electron chi connectivity index (χ1n) is 10.9. The number of nitrogens with two attached hydrogens (primary N) is 1. The molecule has 2 aromatic carbocycles. The molecule has 4 aromatic rings. The van der Waals surface area contributed by atoms with E-state index in [4.69, 9.17) is 25.4 Å². The SMILES string of the molecule is COc1cc(C(Nc2ccc(C(=N)N)cc2)c2nn(-c3ncccc3F)c(=O)[nH]2)cc2c1OCOC2. The average molecular weight is 491 g/mol. The fourth-order valence-electron chi connectivity index (χ4n) is 3.89. The molecule has 1 unspecified atom stereocenters. The lowest BCUT2D eigenvalue weighted by Gasteiger charge is -2.24. The molecule has 0 fully saturated rings. The van der Waals surface area contributed by atoms with Gasteiger partial charge in [0, 0.05) is 23.0 Å². The van der Waals surface area contributed by atoms with Crippen LogP contribution in [0.4, 0.5) is 10.1 Å². The molecular formula is C24H22FN7O4. The van der Waals surface area contributed by atoms with Crippen LogP contribution in [0.2, 0.25) is 0 Å². The van der Waals surface area contributed by atoms with Crippen LogP contribution in [0.3, 0.4) is 0 Å². The van der Waals surface area contributed by atoms with Crippen molar-refractivity contribution in [1.29, 1.82) is 5.41 Å². The van der Waals surface area contributed by atoms with Gasteiger partial charge in [-0.25, -0.2) is 14.2 Å². The average Bonchev–Trinajstić information content (AvgIpc) is 3.27. The monoisotopic (exact) mass is 491 g/mol. The van der Waals surface area contributed by atoms with Crippen LogP contribution in [0, 0.1) is 11.2 Å². The number of nitrogen functional groups attached to an aromatic ring is 1. The number of nitrogens with zero attached hydrogens (tertiary/aromatic N) is 3. The van der Waals surface area contributed by atoms with Gasteiger partial charge in [-0.05, 0) is 54.1 Å². The van der Waals surface area contributed by atoms with Crippen molar-refractivity contribution in [3.63, 3.8) is 0 Å². The summed E-state index contributed by atoms with van der Waals surface area (Å²) in [5, 5.41) is 15.3. The molecule has 1 aliphatic rings. The zero-order valence-corrected chi connectivity index (χ0v) is 19.1. The number of nitrogens with one attached hydrogen (secondary N) is 3. The number of methoxy groups -OCH3 is 1. The van der Waals surface area contributed by atoms with Crippen molar-refractivity contribution in [3.8, 4) is 17.3 Å². The number of fused-ring (bicyclic) bond motifs is 1. The smallest absolute Gasteiger partial charge is 0.349 e. The maximum Gasteiger partial charge on any atom is 0.349 e. The number of aromatic amines is 1. The fourth-order valence-corrected chi connectivity index (χ4v) is 3.89. The van der Waals surface area contributed by atoms with Crippen LogP contribution in [-0.4, -0.2) is 39.5 Å². The summed E-state index contributed by atoms with van der Waals surface area (Å²) in [6.45, 7) is 0.421. The predicted molar refractivity (Wildman–Crippen MR) is 128 cm³/mol. The molecule has 2 aromatic heterocycles.